The molecule has 0 unspecified atom stereocenters. The van der Waals surface area contributed by atoms with Gasteiger partial charge in [-0.2, -0.15) is 0 Å². The van der Waals surface area contributed by atoms with E-state index in [-0.39, 0.29) is 0 Å². The molecule has 0 saturated heterocycles. The summed E-state index contributed by atoms with van der Waals surface area (Å²) in [5.41, 5.74) is 0. The van der Waals surface area contributed by atoms with Gasteiger partial charge >= 0.3 is 153 Å². The number of fused-ring (bicyclic) bond motifs is 2. The van der Waals surface area contributed by atoms with E-state index < -0.39 is 13.8 Å². The van der Waals surface area contributed by atoms with Crippen molar-refractivity contribution in [2.45, 2.75) is 0 Å². The fourth-order valence-corrected chi connectivity index (χ4v) is 15.3. The van der Waals surface area contributed by atoms with Crippen molar-refractivity contribution >= 4 is 68.0 Å². The van der Waals surface area contributed by atoms with Crippen LogP contribution < -0.4 is 7.22 Å². The van der Waals surface area contributed by atoms with Crippen molar-refractivity contribution in [1.82, 2.24) is 0 Å². The fraction of sp³-hybridized carbons (Fsp3) is 0. The maximum absolute atomic E-state index is 4.15. The van der Waals surface area contributed by atoms with E-state index >= 15 is 0 Å². The average Bonchev–Trinajstić information content (AvgIpc) is 2.60. The van der Waals surface area contributed by atoms with Crippen LogP contribution in [0, 0.1) is 0 Å². The Labute approximate surface area is 151 Å². The van der Waals surface area contributed by atoms with Crippen LogP contribution in [0.1, 0.15) is 0 Å². The number of rotatable bonds is 2. The molecule has 0 atom stereocenters. The molecule has 0 nitrogen and oxygen atoms in total. The Hall–Kier alpha value is -0.850. The van der Waals surface area contributed by atoms with Crippen molar-refractivity contribution in [3.8, 4) is 0 Å². The molecule has 0 heterocycles. The molecule has 0 radical (unpaired) electrons. The van der Waals surface area contributed by atoms with Crippen LogP contribution in [-0.2, 0) is 0 Å². The molecule has 0 aromatic heterocycles. The van der Waals surface area contributed by atoms with Gasteiger partial charge in [-0.3, -0.25) is 0 Å². The molecule has 4 aromatic rings. The van der Waals surface area contributed by atoms with Crippen molar-refractivity contribution in [1.29, 1.82) is 0 Å². The Bertz CT molecular complexity index is 916. The first-order chi connectivity index (χ1) is 11.2. The first-order valence-corrected chi connectivity index (χ1v) is 20.1. The van der Waals surface area contributed by atoms with E-state index in [2.05, 4.69) is 110 Å². The van der Waals surface area contributed by atoms with E-state index in [0.717, 1.165) is 0 Å². The summed E-state index contributed by atoms with van der Waals surface area (Å²) < 4.78 is 2.81. The maximum atomic E-state index is 4.15. The second-order valence-corrected chi connectivity index (χ2v) is 29.5. The average molecular weight is 542 g/mol. The Morgan fingerprint density at radius 2 is 0.870 bits per heavy atom. The molecule has 0 spiro atoms. The molecule has 4 rings (SSSR count). The van der Waals surface area contributed by atoms with Crippen LogP contribution in [0.15, 0.2) is 84.9 Å². The third-order valence-electron chi connectivity index (χ3n) is 4.05. The number of halogens is 2. The molecule has 0 N–H and O–H groups in total. The number of benzene rings is 4. The van der Waals surface area contributed by atoms with Crippen molar-refractivity contribution in [3.63, 3.8) is 0 Å². The van der Waals surface area contributed by atoms with E-state index in [1.165, 1.54) is 28.8 Å². The van der Waals surface area contributed by atoms with Crippen molar-refractivity contribution < 1.29 is 0 Å². The molecule has 3 heteroatoms. The van der Waals surface area contributed by atoms with Crippen LogP contribution in [0.5, 0.6) is 0 Å². The third-order valence-corrected chi connectivity index (χ3v) is 18.6. The van der Waals surface area contributed by atoms with E-state index in [1.807, 2.05) is 0 Å². The van der Waals surface area contributed by atoms with Gasteiger partial charge in [-0.25, -0.2) is 0 Å². The molecular weight excluding hydrogens is 528 g/mol. The van der Waals surface area contributed by atoms with Crippen molar-refractivity contribution in [3.05, 3.63) is 84.9 Å². The molecule has 4 aromatic carbocycles. The van der Waals surface area contributed by atoms with Gasteiger partial charge in [0.05, 0.1) is 0 Å². The Morgan fingerprint density at radius 3 is 1.35 bits per heavy atom. The molecule has 0 amide bonds. The van der Waals surface area contributed by atoms with Gasteiger partial charge in [-0.05, 0) is 0 Å². The van der Waals surface area contributed by atoms with Gasteiger partial charge in [0.1, 0.15) is 0 Å². The van der Waals surface area contributed by atoms with E-state index in [9.17, 15) is 0 Å². The number of hydrogen-bond acceptors (Lipinski definition) is 0. The van der Waals surface area contributed by atoms with Gasteiger partial charge in [0.25, 0.3) is 0 Å². The second-order valence-electron chi connectivity index (χ2n) is 5.42. The molecule has 0 bridgehead atoms. The van der Waals surface area contributed by atoms with Gasteiger partial charge in [0.15, 0.2) is 0 Å². The predicted molar refractivity (Wildman–Crippen MR) is 111 cm³/mol. The summed E-state index contributed by atoms with van der Waals surface area (Å²) in [6.45, 7) is 0. The first-order valence-electron chi connectivity index (χ1n) is 7.36. The molecule has 0 fully saturated rings. The van der Waals surface area contributed by atoms with Crippen LogP contribution in [0.4, 0.5) is 0 Å². The van der Waals surface area contributed by atoms with Crippen LogP contribution in [0.25, 0.3) is 21.5 Å². The summed E-state index contributed by atoms with van der Waals surface area (Å²) in [7, 11) is 0. The van der Waals surface area contributed by atoms with Gasteiger partial charge in [-0.15, -0.1) is 0 Å². The van der Waals surface area contributed by atoms with Crippen LogP contribution in [0.3, 0.4) is 0 Å². The summed E-state index contributed by atoms with van der Waals surface area (Å²) in [5, 5.41) is 5.25. The quantitative estimate of drug-likeness (QED) is 0.301. The van der Waals surface area contributed by atoms with Crippen molar-refractivity contribution in [2.24, 2.45) is 0 Å². The van der Waals surface area contributed by atoms with Crippen molar-refractivity contribution in [2.75, 3.05) is 0 Å². The monoisotopic (exact) mass is 542 g/mol. The summed E-state index contributed by atoms with van der Waals surface area (Å²) in [4.78, 5) is 0. The van der Waals surface area contributed by atoms with Gasteiger partial charge in [-0.1, -0.05) is 0 Å². The van der Waals surface area contributed by atoms with E-state index in [1.54, 1.807) is 0 Å². The minimum atomic E-state index is -2.80. The molecule has 0 saturated carbocycles. The Balaban J connectivity index is 2.02. The van der Waals surface area contributed by atoms with Crippen LogP contribution >= 0.6 is 25.5 Å². The standard InChI is InChI=1S/C20H14Br2Te/c21-23(22,19-13-5-9-15-7-1-3-11-17(15)19)20-14-6-10-16-8-2-4-12-18(16)20/h1-14H. The zero-order valence-electron chi connectivity index (χ0n) is 12.2. The molecule has 0 aliphatic rings. The topological polar surface area (TPSA) is 0 Å². The summed E-state index contributed by atoms with van der Waals surface area (Å²) in [6.07, 6.45) is 0. The van der Waals surface area contributed by atoms with Gasteiger partial charge in [0, 0.05) is 0 Å². The second kappa shape index (κ2) is 6.22. The third kappa shape index (κ3) is 2.75. The zero-order valence-corrected chi connectivity index (χ0v) is 17.7. The molecule has 23 heavy (non-hydrogen) atoms. The van der Waals surface area contributed by atoms with E-state index in [0.29, 0.717) is 0 Å². The Morgan fingerprint density at radius 1 is 0.478 bits per heavy atom. The van der Waals surface area contributed by atoms with Gasteiger partial charge < -0.3 is 0 Å². The van der Waals surface area contributed by atoms with Crippen LogP contribution in [0.2, 0.25) is 0 Å². The molecular formula is C20H14Br2Te. The SMILES string of the molecule is Br[Te](Br)(c1cccc2ccccc12)c1cccc2ccccc12. The predicted octanol–water partition coefficient (Wildman–Crippen LogP) is 5.34. The number of hydrogen-bond donors (Lipinski definition) is 0. The normalized spacial score (nSPS) is 12.6. The zero-order chi connectivity index (χ0) is 15.9. The first kappa shape index (κ1) is 15.7. The molecule has 0 aliphatic heterocycles. The fourth-order valence-electron chi connectivity index (χ4n) is 2.96. The van der Waals surface area contributed by atoms with Crippen LogP contribution in [-0.4, -0.2) is 13.8 Å². The minimum absolute atomic E-state index is 1.29. The Kier molecular flexibility index (Phi) is 4.24. The summed E-state index contributed by atoms with van der Waals surface area (Å²) in [6, 6.07) is 30.4. The van der Waals surface area contributed by atoms with E-state index in [4.69, 9.17) is 0 Å². The molecule has 114 valence electrons. The van der Waals surface area contributed by atoms with Gasteiger partial charge in [0.2, 0.25) is 0 Å². The summed E-state index contributed by atoms with van der Waals surface area (Å²) >= 11 is 5.50. The summed E-state index contributed by atoms with van der Waals surface area (Å²) in [5.74, 6) is 0. The molecule has 0 aliphatic carbocycles.